The van der Waals surface area contributed by atoms with E-state index in [9.17, 15) is 9.59 Å². The number of piperidine rings is 2. The molecule has 24 heavy (non-hydrogen) atoms. The van der Waals surface area contributed by atoms with Gasteiger partial charge in [-0.2, -0.15) is 0 Å². The fraction of sp³-hybridized carbons (Fsp3) is 0.579. The number of hydrogen-bond acceptors (Lipinski definition) is 3. The van der Waals surface area contributed by atoms with E-state index in [1.807, 2.05) is 36.2 Å². The van der Waals surface area contributed by atoms with Crippen LogP contribution in [0.1, 0.15) is 42.5 Å². The van der Waals surface area contributed by atoms with Gasteiger partial charge in [-0.15, -0.1) is 0 Å². The molecule has 0 radical (unpaired) electrons. The number of carbonyl (C=O) groups excluding carboxylic acids is 2. The molecule has 2 aliphatic heterocycles. The zero-order valence-corrected chi connectivity index (χ0v) is 14.5. The molecule has 2 amide bonds. The van der Waals surface area contributed by atoms with Crippen molar-refractivity contribution in [2.75, 3.05) is 38.5 Å². The SMILES string of the molecule is CN1CCC[C@@H](C(=O)Nc2ccccc2C(=O)N2CCCCC2)C1. The van der Waals surface area contributed by atoms with Gasteiger partial charge in [0.15, 0.2) is 0 Å². The van der Waals surface area contributed by atoms with E-state index in [2.05, 4.69) is 10.2 Å². The number of likely N-dealkylation sites (tertiary alicyclic amines) is 2. The van der Waals surface area contributed by atoms with Gasteiger partial charge in [0.2, 0.25) is 5.91 Å². The Labute approximate surface area is 144 Å². The Morgan fingerprint density at radius 2 is 1.79 bits per heavy atom. The predicted molar refractivity (Wildman–Crippen MR) is 95.0 cm³/mol. The predicted octanol–water partition coefficient (Wildman–Crippen LogP) is 2.59. The zero-order valence-electron chi connectivity index (χ0n) is 14.5. The topological polar surface area (TPSA) is 52.7 Å². The van der Waals surface area contributed by atoms with Gasteiger partial charge in [0.05, 0.1) is 17.2 Å². The van der Waals surface area contributed by atoms with E-state index in [1.165, 1.54) is 6.42 Å². The number of anilines is 1. The molecule has 1 atom stereocenters. The van der Waals surface area contributed by atoms with Crippen LogP contribution in [0.2, 0.25) is 0 Å². The van der Waals surface area contributed by atoms with Crippen molar-refractivity contribution in [1.29, 1.82) is 0 Å². The van der Waals surface area contributed by atoms with E-state index in [1.54, 1.807) is 0 Å². The molecule has 1 aromatic carbocycles. The van der Waals surface area contributed by atoms with Gasteiger partial charge in [-0.1, -0.05) is 12.1 Å². The summed E-state index contributed by atoms with van der Waals surface area (Å²) >= 11 is 0. The third kappa shape index (κ3) is 3.96. The molecule has 0 spiro atoms. The largest absolute Gasteiger partial charge is 0.339 e. The minimum Gasteiger partial charge on any atom is -0.339 e. The van der Waals surface area contributed by atoms with Crippen molar-refractivity contribution >= 4 is 17.5 Å². The van der Waals surface area contributed by atoms with Crippen molar-refractivity contribution in [1.82, 2.24) is 9.80 Å². The smallest absolute Gasteiger partial charge is 0.255 e. The highest BCUT2D eigenvalue weighted by molar-refractivity contribution is 6.04. The average Bonchev–Trinajstić information content (AvgIpc) is 2.62. The molecule has 3 rings (SSSR count). The number of amides is 2. The highest BCUT2D eigenvalue weighted by Gasteiger charge is 2.26. The van der Waals surface area contributed by atoms with Crippen molar-refractivity contribution in [3.63, 3.8) is 0 Å². The summed E-state index contributed by atoms with van der Waals surface area (Å²) in [6.07, 6.45) is 5.28. The first kappa shape index (κ1) is 17.0. The van der Waals surface area contributed by atoms with Gasteiger partial charge in [-0.25, -0.2) is 0 Å². The minimum atomic E-state index is 0.00175. The lowest BCUT2D eigenvalue weighted by atomic mass is 9.97. The molecule has 130 valence electrons. The second-order valence-corrected chi connectivity index (χ2v) is 6.99. The fourth-order valence-corrected chi connectivity index (χ4v) is 3.66. The number of para-hydroxylation sites is 1. The van der Waals surface area contributed by atoms with Gasteiger partial charge in [0.25, 0.3) is 5.91 Å². The van der Waals surface area contributed by atoms with Gasteiger partial charge in [-0.3, -0.25) is 9.59 Å². The van der Waals surface area contributed by atoms with Gasteiger partial charge in [0.1, 0.15) is 0 Å². The monoisotopic (exact) mass is 329 g/mol. The lowest BCUT2D eigenvalue weighted by Gasteiger charge is -2.29. The lowest BCUT2D eigenvalue weighted by Crippen LogP contribution is -2.39. The molecule has 0 saturated carbocycles. The molecule has 5 heteroatoms. The summed E-state index contributed by atoms with van der Waals surface area (Å²) in [4.78, 5) is 29.5. The number of rotatable bonds is 3. The highest BCUT2D eigenvalue weighted by Crippen LogP contribution is 2.22. The van der Waals surface area contributed by atoms with E-state index in [-0.39, 0.29) is 17.7 Å². The molecule has 0 aromatic heterocycles. The van der Waals surface area contributed by atoms with Crippen LogP contribution in [-0.2, 0) is 4.79 Å². The van der Waals surface area contributed by atoms with Crippen molar-refractivity contribution in [3.05, 3.63) is 29.8 Å². The Kier molecular flexibility index (Phi) is 5.51. The van der Waals surface area contributed by atoms with Crippen LogP contribution in [0.5, 0.6) is 0 Å². The molecule has 0 bridgehead atoms. The molecular weight excluding hydrogens is 302 g/mol. The molecule has 0 unspecified atom stereocenters. The number of hydrogen-bond donors (Lipinski definition) is 1. The van der Waals surface area contributed by atoms with Crippen LogP contribution in [0.15, 0.2) is 24.3 Å². The zero-order chi connectivity index (χ0) is 16.9. The molecule has 2 heterocycles. The quantitative estimate of drug-likeness (QED) is 0.927. The molecule has 5 nitrogen and oxygen atoms in total. The minimum absolute atomic E-state index is 0.00175. The van der Waals surface area contributed by atoms with Gasteiger partial charge < -0.3 is 15.1 Å². The molecule has 0 aliphatic carbocycles. The first-order chi connectivity index (χ1) is 11.6. The third-order valence-corrected chi connectivity index (χ3v) is 5.05. The number of nitrogens with one attached hydrogen (secondary N) is 1. The van der Waals surface area contributed by atoms with Gasteiger partial charge >= 0.3 is 0 Å². The lowest BCUT2D eigenvalue weighted by molar-refractivity contribution is -0.121. The van der Waals surface area contributed by atoms with Crippen LogP contribution in [0.3, 0.4) is 0 Å². The number of nitrogens with zero attached hydrogens (tertiary/aromatic N) is 2. The Morgan fingerprint density at radius 3 is 2.54 bits per heavy atom. The number of benzene rings is 1. The maximum Gasteiger partial charge on any atom is 0.255 e. The molecule has 1 aromatic rings. The second kappa shape index (κ2) is 7.79. The van der Waals surface area contributed by atoms with Crippen molar-refractivity contribution in [3.8, 4) is 0 Å². The Hall–Kier alpha value is -1.88. The van der Waals surface area contributed by atoms with E-state index >= 15 is 0 Å². The van der Waals surface area contributed by atoms with Crippen LogP contribution in [0.25, 0.3) is 0 Å². The maximum absolute atomic E-state index is 12.8. The molecule has 2 fully saturated rings. The molecule has 1 N–H and O–H groups in total. The van der Waals surface area contributed by atoms with Crippen LogP contribution >= 0.6 is 0 Å². The second-order valence-electron chi connectivity index (χ2n) is 6.99. The van der Waals surface area contributed by atoms with Crippen LogP contribution in [0, 0.1) is 5.92 Å². The summed E-state index contributed by atoms with van der Waals surface area (Å²) in [7, 11) is 2.05. The average molecular weight is 329 g/mol. The summed E-state index contributed by atoms with van der Waals surface area (Å²) < 4.78 is 0. The number of carbonyl (C=O) groups is 2. The Bertz CT molecular complexity index is 596. The van der Waals surface area contributed by atoms with E-state index in [0.29, 0.717) is 11.3 Å². The van der Waals surface area contributed by atoms with E-state index < -0.39 is 0 Å². The third-order valence-electron chi connectivity index (χ3n) is 5.05. The molecule has 2 aliphatic rings. The molecule has 2 saturated heterocycles. The van der Waals surface area contributed by atoms with Gasteiger partial charge in [-0.05, 0) is 57.8 Å². The standard InChI is InChI=1S/C19H27N3O2/c1-21-11-7-8-15(14-21)18(23)20-17-10-4-3-9-16(17)19(24)22-12-5-2-6-13-22/h3-4,9-10,15H,2,5-8,11-14H2,1H3,(H,20,23)/t15-/m1/s1. The summed E-state index contributed by atoms with van der Waals surface area (Å²) in [6, 6.07) is 7.39. The first-order valence-corrected chi connectivity index (χ1v) is 9.03. The summed E-state index contributed by atoms with van der Waals surface area (Å²) in [5, 5.41) is 3.01. The van der Waals surface area contributed by atoms with Crippen molar-refractivity contribution in [2.24, 2.45) is 5.92 Å². The van der Waals surface area contributed by atoms with E-state index in [4.69, 9.17) is 0 Å². The van der Waals surface area contributed by atoms with Crippen LogP contribution in [-0.4, -0.2) is 54.8 Å². The normalized spacial score (nSPS) is 22.2. The molecular formula is C19H27N3O2. The van der Waals surface area contributed by atoms with Crippen molar-refractivity contribution in [2.45, 2.75) is 32.1 Å². The maximum atomic E-state index is 12.8. The summed E-state index contributed by atoms with van der Waals surface area (Å²) in [5.41, 5.74) is 1.25. The van der Waals surface area contributed by atoms with Gasteiger partial charge in [0, 0.05) is 19.6 Å². The first-order valence-electron chi connectivity index (χ1n) is 9.03. The Morgan fingerprint density at radius 1 is 1.04 bits per heavy atom. The Balaban J connectivity index is 1.71. The fourth-order valence-electron chi connectivity index (χ4n) is 3.66. The van der Waals surface area contributed by atoms with Crippen LogP contribution < -0.4 is 5.32 Å². The van der Waals surface area contributed by atoms with Crippen molar-refractivity contribution < 1.29 is 9.59 Å². The summed E-state index contributed by atoms with van der Waals surface area (Å²) in [5.74, 6) is 0.0636. The van der Waals surface area contributed by atoms with Crippen LogP contribution in [0.4, 0.5) is 5.69 Å². The van der Waals surface area contributed by atoms with E-state index in [0.717, 1.165) is 51.9 Å². The summed E-state index contributed by atoms with van der Waals surface area (Å²) in [6.45, 7) is 3.46. The highest BCUT2D eigenvalue weighted by atomic mass is 16.2.